The molecule has 1 heterocycles. The number of fused-ring (bicyclic) bond motifs is 1. The fourth-order valence-corrected chi connectivity index (χ4v) is 1.82. The van der Waals surface area contributed by atoms with Gasteiger partial charge in [-0.05, 0) is 6.92 Å². The van der Waals surface area contributed by atoms with E-state index in [4.69, 9.17) is 15.2 Å². The Labute approximate surface area is 115 Å². The van der Waals surface area contributed by atoms with Gasteiger partial charge in [0.1, 0.15) is 18.9 Å². The fraction of sp³-hybridized carbons (Fsp3) is 0.417. The highest BCUT2D eigenvalue weighted by atomic mass is 16.6. The van der Waals surface area contributed by atoms with Crippen LogP contribution in [-0.2, 0) is 4.79 Å². The first-order valence-electron chi connectivity index (χ1n) is 6.11. The highest BCUT2D eigenvalue weighted by molar-refractivity contribution is 5.94. The Kier molecular flexibility index (Phi) is 4.04. The van der Waals surface area contributed by atoms with Gasteiger partial charge in [0.25, 0.3) is 5.69 Å². The standard InChI is InChI=1S/C12H15N3O5/c1-7(13)4-12(16)14-8-5-10-11(20-3-2-19-10)6-9(8)15(17)18/h5-7H,2-4,13H2,1H3,(H,14,16). The summed E-state index contributed by atoms with van der Waals surface area (Å²) in [6, 6.07) is 2.31. The Balaban J connectivity index is 2.30. The van der Waals surface area contributed by atoms with Gasteiger partial charge >= 0.3 is 0 Å². The maximum Gasteiger partial charge on any atom is 0.296 e. The van der Waals surface area contributed by atoms with E-state index in [2.05, 4.69) is 5.32 Å². The number of carbonyl (C=O) groups excluding carboxylic acids is 1. The predicted molar refractivity (Wildman–Crippen MR) is 71.0 cm³/mol. The molecule has 8 nitrogen and oxygen atoms in total. The highest BCUT2D eigenvalue weighted by Crippen LogP contribution is 2.39. The zero-order chi connectivity index (χ0) is 14.7. The number of nitrogens with one attached hydrogen (secondary N) is 1. The van der Waals surface area contributed by atoms with Gasteiger partial charge in [0.15, 0.2) is 11.5 Å². The first-order chi connectivity index (χ1) is 9.47. The van der Waals surface area contributed by atoms with Gasteiger partial charge in [0.2, 0.25) is 5.91 Å². The Hall–Kier alpha value is -2.35. The quantitative estimate of drug-likeness (QED) is 0.629. The van der Waals surface area contributed by atoms with Crippen molar-refractivity contribution in [3.05, 3.63) is 22.2 Å². The lowest BCUT2D eigenvalue weighted by Crippen LogP contribution is -2.24. The molecule has 0 fully saturated rings. The summed E-state index contributed by atoms with van der Waals surface area (Å²) in [4.78, 5) is 22.1. The Morgan fingerprint density at radius 2 is 2.05 bits per heavy atom. The highest BCUT2D eigenvalue weighted by Gasteiger charge is 2.23. The number of hydrogen-bond donors (Lipinski definition) is 2. The number of nitrogens with zero attached hydrogens (tertiary/aromatic N) is 1. The summed E-state index contributed by atoms with van der Waals surface area (Å²) in [6.45, 7) is 2.37. The van der Waals surface area contributed by atoms with Crippen molar-refractivity contribution in [3.63, 3.8) is 0 Å². The van der Waals surface area contributed by atoms with Crippen LogP contribution in [0.15, 0.2) is 12.1 Å². The third-order valence-corrected chi connectivity index (χ3v) is 2.64. The molecule has 1 aromatic rings. The molecule has 0 spiro atoms. The van der Waals surface area contributed by atoms with Crippen LogP contribution in [-0.4, -0.2) is 30.1 Å². The number of rotatable bonds is 4. The van der Waals surface area contributed by atoms with Gasteiger partial charge in [-0.3, -0.25) is 14.9 Å². The minimum Gasteiger partial charge on any atom is -0.486 e. The van der Waals surface area contributed by atoms with Gasteiger partial charge in [-0.2, -0.15) is 0 Å². The van der Waals surface area contributed by atoms with E-state index in [9.17, 15) is 14.9 Å². The van der Waals surface area contributed by atoms with E-state index in [1.165, 1.54) is 12.1 Å². The SMILES string of the molecule is CC(N)CC(=O)Nc1cc2c(cc1[N+](=O)[O-])OCCO2. The van der Waals surface area contributed by atoms with Crippen molar-refractivity contribution in [2.75, 3.05) is 18.5 Å². The van der Waals surface area contributed by atoms with Crippen molar-refractivity contribution in [1.29, 1.82) is 0 Å². The molecule has 2 rings (SSSR count). The first-order valence-corrected chi connectivity index (χ1v) is 6.11. The Bertz CT molecular complexity index is 544. The molecule has 0 aliphatic carbocycles. The van der Waals surface area contributed by atoms with Gasteiger partial charge in [-0.15, -0.1) is 0 Å². The van der Waals surface area contributed by atoms with E-state index < -0.39 is 4.92 Å². The van der Waals surface area contributed by atoms with Crippen LogP contribution < -0.4 is 20.5 Å². The summed E-state index contributed by atoms with van der Waals surface area (Å²) >= 11 is 0. The van der Waals surface area contributed by atoms with Crippen LogP contribution in [0.25, 0.3) is 0 Å². The minimum absolute atomic E-state index is 0.0740. The monoisotopic (exact) mass is 281 g/mol. The molecule has 1 aliphatic heterocycles. The molecule has 20 heavy (non-hydrogen) atoms. The molecule has 108 valence electrons. The molecule has 0 aromatic heterocycles. The van der Waals surface area contributed by atoms with Crippen molar-refractivity contribution >= 4 is 17.3 Å². The molecule has 1 aliphatic rings. The number of carbonyl (C=O) groups is 1. The third-order valence-electron chi connectivity index (χ3n) is 2.64. The molecule has 8 heteroatoms. The predicted octanol–water partition coefficient (Wildman–Crippen LogP) is 1.04. The van der Waals surface area contributed by atoms with Crippen molar-refractivity contribution in [2.45, 2.75) is 19.4 Å². The van der Waals surface area contributed by atoms with E-state index in [-0.39, 0.29) is 29.7 Å². The zero-order valence-electron chi connectivity index (χ0n) is 10.9. The second-order valence-corrected chi connectivity index (χ2v) is 4.50. The topological polar surface area (TPSA) is 117 Å². The molecular formula is C12H15N3O5. The molecule has 0 saturated carbocycles. The third kappa shape index (κ3) is 3.15. The summed E-state index contributed by atoms with van der Waals surface area (Å²) in [5.74, 6) is 0.283. The molecule has 1 atom stereocenters. The van der Waals surface area contributed by atoms with Crippen LogP contribution in [0.4, 0.5) is 11.4 Å². The van der Waals surface area contributed by atoms with Gasteiger partial charge in [0, 0.05) is 18.5 Å². The summed E-state index contributed by atoms with van der Waals surface area (Å²) in [5, 5.41) is 13.5. The van der Waals surface area contributed by atoms with E-state index >= 15 is 0 Å². The minimum atomic E-state index is -0.584. The lowest BCUT2D eigenvalue weighted by molar-refractivity contribution is -0.384. The van der Waals surface area contributed by atoms with Crippen LogP contribution in [0.5, 0.6) is 11.5 Å². The summed E-state index contributed by atoms with van der Waals surface area (Å²) in [6.07, 6.45) is 0.0750. The van der Waals surface area contributed by atoms with Gasteiger partial charge < -0.3 is 20.5 Å². The number of ether oxygens (including phenoxy) is 2. The lowest BCUT2D eigenvalue weighted by atomic mass is 10.2. The van der Waals surface area contributed by atoms with Crippen LogP contribution >= 0.6 is 0 Å². The summed E-state index contributed by atoms with van der Waals surface area (Å²) < 4.78 is 10.6. The number of nitrogens with two attached hydrogens (primary N) is 1. The second-order valence-electron chi connectivity index (χ2n) is 4.50. The average Bonchev–Trinajstić information content (AvgIpc) is 2.36. The molecule has 3 N–H and O–H groups in total. The van der Waals surface area contributed by atoms with Crippen molar-refractivity contribution < 1.29 is 19.2 Å². The number of nitro benzene ring substituents is 1. The van der Waals surface area contributed by atoms with E-state index in [0.717, 1.165) is 0 Å². The smallest absolute Gasteiger partial charge is 0.296 e. The Morgan fingerprint density at radius 1 is 1.45 bits per heavy atom. The number of nitro groups is 1. The molecule has 1 amide bonds. The Morgan fingerprint density at radius 3 is 2.60 bits per heavy atom. The molecule has 0 radical (unpaired) electrons. The van der Waals surface area contributed by atoms with E-state index in [1.807, 2.05) is 0 Å². The number of hydrogen-bond acceptors (Lipinski definition) is 6. The first kappa shape index (κ1) is 14.1. The van der Waals surface area contributed by atoms with Gasteiger partial charge in [-0.25, -0.2) is 0 Å². The van der Waals surface area contributed by atoms with E-state index in [1.54, 1.807) is 6.92 Å². The molecule has 1 aromatic carbocycles. The average molecular weight is 281 g/mol. The lowest BCUT2D eigenvalue weighted by Gasteiger charge is -2.19. The van der Waals surface area contributed by atoms with Crippen molar-refractivity contribution in [1.82, 2.24) is 0 Å². The van der Waals surface area contributed by atoms with Crippen molar-refractivity contribution in [2.24, 2.45) is 5.73 Å². The van der Waals surface area contributed by atoms with Crippen LogP contribution in [0.2, 0.25) is 0 Å². The molecular weight excluding hydrogens is 266 g/mol. The summed E-state index contributed by atoms with van der Waals surface area (Å²) in [5.41, 5.74) is 5.35. The van der Waals surface area contributed by atoms with Crippen molar-refractivity contribution in [3.8, 4) is 11.5 Å². The maximum absolute atomic E-state index is 11.7. The van der Waals surface area contributed by atoms with E-state index in [0.29, 0.717) is 24.7 Å². The van der Waals surface area contributed by atoms with Gasteiger partial charge in [0.05, 0.1) is 11.0 Å². The van der Waals surface area contributed by atoms with Crippen LogP contribution in [0.3, 0.4) is 0 Å². The number of anilines is 1. The largest absolute Gasteiger partial charge is 0.486 e. The van der Waals surface area contributed by atoms with Crippen LogP contribution in [0.1, 0.15) is 13.3 Å². The molecule has 0 saturated heterocycles. The zero-order valence-corrected chi connectivity index (χ0v) is 10.9. The fourth-order valence-electron chi connectivity index (χ4n) is 1.82. The van der Waals surface area contributed by atoms with Crippen LogP contribution in [0, 0.1) is 10.1 Å². The molecule has 1 unspecified atom stereocenters. The maximum atomic E-state index is 11.7. The number of amides is 1. The summed E-state index contributed by atoms with van der Waals surface area (Å²) in [7, 11) is 0. The normalized spacial score (nSPS) is 14.5. The number of benzene rings is 1. The molecule has 0 bridgehead atoms. The van der Waals surface area contributed by atoms with Gasteiger partial charge in [-0.1, -0.05) is 0 Å². The second kappa shape index (κ2) is 5.74.